The topological polar surface area (TPSA) is 68.7 Å². The predicted molar refractivity (Wildman–Crippen MR) is 53.9 cm³/mol. The number of carboxylic acids is 1. The van der Waals surface area contributed by atoms with E-state index in [0.717, 1.165) is 12.3 Å². The molecule has 1 aromatic heterocycles. The first-order valence-corrected chi connectivity index (χ1v) is 4.89. The van der Waals surface area contributed by atoms with Gasteiger partial charge in [0.15, 0.2) is 23.8 Å². The summed E-state index contributed by atoms with van der Waals surface area (Å²) >= 11 is 0. The lowest BCUT2D eigenvalue weighted by atomic mass is 10.3. The number of carbonyl (C=O) groups is 1. The Kier molecular flexibility index (Phi) is 4.35. The summed E-state index contributed by atoms with van der Waals surface area (Å²) in [5.74, 6) is -2.02. The summed E-state index contributed by atoms with van der Waals surface area (Å²) in [6.07, 6.45) is -3.48. The first-order chi connectivity index (χ1) is 8.35. The second-order valence-corrected chi connectivity index (χ2v) is 3.13. The van der Waals surface area contributed by atoms with Gasteiger partial charge in [0.05, 0.1) is 6.61 Å². The molecule has 1 rings (SSSR count). The molecule has 0 aromatic carbocycles. The van der Waals surface area contributed by atoms with Crippen LogP contribution in [0.1, 0.15) is 17.4 Å². The molecule has 0 unspecified atom stereocenters. The Balaban J connectivity index is 3.02. The Bertz CT molecular complexity index is 434. The van der Waals surface area contributed by atoms with E-state index in [1.165, 1.54) is 0 Å². The number of aromatic carboxylic acids is 1. The summed E-state index contributed by atoms with van der Waals surface area (Å²) < 4.78 is 45.5. The minimum atomic E-state index is -4.52. The van der Waals surface area contributed by atoms with Crippen molar-refractivity contribution in [2.75, 3.05) is 13.2 Å². The van der Waals surface area contributed by atoms with Gasteiger partial charge in [0.1, 0.15) is 0 Å². The highest BCUT2D eigenvalue weighted by molar-refractivity contribution is 5.89. The van der Waals surface area contributed by atoms with Crippen LogP contribution in [0.5, 0.6) is 11.5 Å². The van der Waals surface area contributed by atoms with Gasteiger partial charge in [-0.25, -0.2) is 9.78 Å². The predicted octanol–water partition coefficient (Wildman–Crippen LogP) is 2.12. The van der Waals surface area contributed by atoms with Gasteiger partial charge in [0.25, 0.3) is 0 Å². The fourth-order valence-corrected chi connectivity index (χ4v) is 1.14. The van der Waals surface area contributed by atoms with E-state index in [0.29, 0.717) is 0 Å². The average Bonchev–Trinajstić information content (AvgIpc) is 2.26. The van der Waals surface area contributed by atoms with Gasteiger partial charge < -0.3 is 14.6 Å². The molecule has 0 spiro atoms. The molecule has 8 heteroatoms. The number of rotatable bonds is 5. The van der Waals surface area contributed by atoms with Gasteiger partial charge in [0, 0.05) is 12.3 Å². The summed E-state index contributed by atoms with van der Waals surface area (Å²) in [7, 11) is 0. The Morgan fingerprint density at radius 3 is 2.61 bits per heavy atom. The van der Waals surface area contributed by atoms with Crippen molar-refractivity contribution in [1.82, 2.24) is 4.98 Å². The number of alkyl halides is 3. The second-order valence-electron chi connectivity index (χ2n) is 3.13. The average molecular weight is 265 g/mol. The van der Waals surface area contributed by atoms with Crippen LogP contribution in [0.2, 0.25) is 0 Å². The molecular formula is C10H10F3NO4. The molecule has 0 radical (unpaired) electrons. The van der Waals surface area contributed by atoms with E-state index in [9.17, 15) is 18.0 Å². The monoisotopic (exact) mass is 265 g/mol. The normalized spacial score (nSPS) is 11.1. The third kappa shape index (κ3) is 3.79. The number of hydrogen-bond donors (Lipinski definition) is 1. The Morgan fingerprint density at radius 2 is 2.11 bits per heavy atom. The number of hydrogen-bond acceptors (Lipinski definition) is 4. The zero-order valence-corrected chi connectivity index (χ0v) is 9.32. The van der Waals surface area contributed by atoms with Crippen LogP contribution in [0, 0.1) is 0 Å². The Morgan fingerprint density at radius 1 is 1.44 bits per heavy atom. The lowest BCUT2D eigenvalue weighted by Crippen LogP contribution is -2.20. The highest BCUT2D eigenvalue weighted by Gasteiger charge is 2.29. The third-order valence-electron chi connectivity index (χ3n) is 1.75. The van der Waals surface area contributed by atoms with Gasteiger partial charge in [-0.2, -0.15) is 13.2 Å². The summed E-state index contributed by atoms with van der Waals surface area (Å²) in [4.78, 5) is 14.3. The molecule has 0 aliphatic heterocycles. The lowest BCUT2D eigenvalue weighted by Gasteiger charge is -2.14. The molecule has 5 nitrogen and oxygen atoms in total. The van der Waals surface area contributed by atoms with Crippen molar-refractivity contribution in [1.29, 1.82) is 0 Å². The molecule has 0 saturated heterocycles. The molecule has 0 saturated carbocycles. The smallest absolute Gasteiger partial charge is 0.422 e. The summed E-state index contributed by atoms with van der Waals surface area (Å²) in [5.41, 5.74) is -0.489. The van der Waals surface area contributed by atoms with Crippen molar-refractivity contribution in [2.45, 2.75) is 13.1 Å². The molecule has 0 aliphatic rings. The zero-order chi connectivity index (χ0) is 13.8. The van der Waals surface area contributed by atoms with E-state index in [1.54, 1.807) is 6.92 Å². The van der Waals surface area contributed by atoms with Gasteiger partial charge in [0.2, 0.25) is 0 Å². The van der Waals surface area contributed by atoms with Crippen molar-refractivity contribution in [3.63, 3.8) is 0 Å². The maximum absolute atomic E-state index is 12.0. The molecule has 100 valence electrons. The van der Waals surface area contributed by atoms with Crippen LogP contribution in [0.3, 0.4) is 0 Å². The van der Waals surface area contributed by atoms with Crippen molar-refractivity contribution in [3.05, 3.63) is 18.0 Å². The number of ether oxygens (including phenoxy) is 2. The van der Waals surface area contributed by atoms with Crippen LogP contribution in [0.4, 0.5) is 13.2 Å². The lowest BCUT2D eigenvalue weighted by molar-refractivity contribution is -0.153. The molecule has 18 heavy (non-hydrogen) atoms. The van der Waals surface area contributed by atoms with E-state index in [1.807, 2.05) is 0 Å². The van der Waals surface area contributed by atoms with E-state index in [2.05, 4.69) is 9.72 Å². The number of carboxylic acid groups (broad SMARTS) is 1. The fourth-order valence-electron chi connectivity index (χ4n) is 1.14. The summed E-state index contributed by atoms with van der Waals surface area (Å²) in [5, 5.41) is 8.82. The fraction of sp³-hybridized carbons (Fsp3) is 0.400. The second kappa shape index (κ2) is 5.56. The van der Waals surface area contributed by atoms with E-state index < -0.39 is 24.4 Å². The molecular weight excluding hydrogens is 255 g/mol. The molecule has 1 aromatic rings. The van der Waals surface area contributed by atoms with Gasteiger partial charge >= 0.3 is 12.1 Å². The standard InChI is InChI=1S/C10H10F3NO4/c1-2-17-8-6(18-5-10(11,12)13)3-4-14-7(8)9(15)16/h3-4H,2,5H2,1H3,(H,15,16). The number of pyridine rings is 1. The van der Waals surface area contributed by atoms with Crippen LogP contribution in [0.25, 0.3) is 0 Å². The van der Waals surface area contributed by atoms with Crippen molar-refractivity contribution >= 4 is 5.97 Å². The van der Waals surface area contributed by atoms with E-state index in [4.69, 9.17) is 9.84 Å². The quantitative estimate of drug-likeness (QED) is 0.883. The molecule has 0 fully saturated rings. The largest absolute Gasteiger partial charge is 0.488 e. The third-order valence-corrected chi connectivity index (χ3v) is 1.75. The SMILES string of the molecule is CCOc1c(OCC(F)(F)F)ccnc1C(=O)O. The van der Waals surface area contributed by atoms with Gasteiger partial charge in [-0.05, 0) is 6.92 Å². The van der Waals surface area contributed by atoms with Crippen LogP contribution in [-0.2, 0) is 0 Å². The molecule has 1 heterocycles. The molecule has 1 N–H and O–H groups in total. The molecule has 0 amide bonds. The first kappa shape index (κ1) is 14.1. The van der Waals surface area contributed by atoms with Crippen LogP contribution in [-0.4, -0.2) is 35.4 Å². The molecule has 0 aliphatic carbocycles. The number of nitrogens with zero attached hydrogens (tertiary/aromatic N) is 1. The maximum Gasteiger partial charge on any atom is 0.422 e. The Labute approximate surface area is 100 Å². The highest BCUT2D eigenvalue weighted by atomic mass is 19.4. The van der Waals surface area contributed by atoms with Crippen molar-refractivity contribution in [3.8, 4) is 11.5 Å². The van der Waals surface area contributed by atoms with E-state index in [-0.39, 0.29) is 18.1 Å². The highest BCUT2D eigenvalue weighted by Crippen LogP contribution is 2.31. The Hall–Kier alpha value is -1.99. The van der Waals surface area contributed by atoms with Crippen LogP contribution >= 0.6 is 0 Å². The van der Waals surface area contributed by atoms with Crippen molar-refractivity contribution < 1.29 is 32.5 Å². The number of aromatic nitrogens is 1. The van der Waals surface area contributed by atoms with Gasteiger partial charge in [-0.1, -0.05) is 0 Å². The van der Waals surface area contributed by atoms with E-state index >= 15 is 0 Å². The van der Waals surface area contributed by atoms with Gasteiger partial charge in [-0.15, -0.1) is 0 Å². The summed E-state index contributed by atoms with van der Waals surface area (Å²) in [6.45, 7) is 0.108. The first-order valence-electron chi connectivity index (χ1n) is 4.89. The summed E-state index contributed by atoms with van der Waals surface area (Å²) in [6, 6.07) is 1.11. The van der Waals surface area contributed by atoms with Crippen LogP contribution < -0.4 is 9.47 Å². The number of halogens is 3. The molecule has 0 atom stereocenters. The van der Waals surface area contributed by atoms with Gasteiger partial charge in [-0.3, -0.25) is 0 Å². The minimum absolute atomic E-state index is 0.0777. The van der Waals surface area contributed by atoms with Crippen molar-refractivity contribution in [2.24, 2.45) is 0 Å². The molecule has 0 bridgehead atoms. The zero-order valence-electron chi connectivity index (χ0n) is 9.32. The van der Waals surface area contributed by atoms with Crippen LogP contribution in [0.15, 0.2) is 12.3 Å². The maximum atomic E-state index is 12.0. The minimum Gasteiger partial charge on any atom is -0.488 e.